The van der Waals surface area contributed by atoms with Crippen LogP contribution >= 0.6 is 0 Å². The highest BCUT2D eigenvalue weighted by molar-refractivity contribution is 5.85. The number of pyridine rings is 1. The van der Waals surface area contributed by atoms with Crippen molar-refractivity contribution in [2.24, 2.45) is 0 Å². The van der Waals surface area contributed by atoms with E-state index in [1.165, 1.54) is 0 Å². The fourth-order valence-electron chi connectivity index (χ4n) is 1.47. The zero-order valence-electron chi connectivity index (χ0n) is 10.2. The van der Waals surface area contributed by atoms with E-state index in [1.54, 1.807) is 0 Å². The fourth-order valence-corrected chi connectivity index (χ4v) is 1.47. The van der Waals surface area contributed by atoms with Crippen molar-refractivity contribution < 1.29 is 32.2 Å². The molecule has 1 aromatic carbocycles. The molecule has 0 atom stereocenters. The Bertz CT molecular complexity index is 668. The molecule has 0 spiro atoms. The zero-order valence-corrected chi connectivity index (χ0v) is 10.2. The average molecular weight is 301 g/mol. The van der Waals surface area contributed by atoms with Crippen molar-refractivity contribution in [3.63, 3.8) is 0 Å². The summed E-state index contributed by atoms with van der Waals surface area (Å²) in [6, 6.07) is 5.47. The number of rotatable bonds is 3. The summed E-state index contributed by atoms with van der Waals surface area (Å²) >= 11 is 0. The van der Waals surface area contributed by atoms with E-state index in [-0.39, 0.29) is 5.75 Å². The Labute approximate surface area is 115 Å². The third-order valence-corrected chi connectivity index (χ3v) is 2.41. The summed E-state index contributed by atoms with van der Waals surface area (Å²) in [5.41, 5.74) is -1.82. The van der Waals surface area contributed by atoms with Crippen molar-refractivity contribution in [1.82, 2.24) is 4.98 Å². The van der Waals surface area contributed by atoms with Gasteiger partial charge in [0, 0.05) is 0 Å². The van der Waals surface area contributed by atoms with E-state index in [0.717, 1.165) is 30.3 Å². The molecule has 0 aliphatic carbocycles. The smallest absolute Gasteiger partial charge is 0.421 e. The molecule has 0 fully saturated rings. The summed E-state index contributed by atoms with van der Waals surface area (Å²) in [4.78, 5) is 14.1. The van der Waals surface area contributed by atoms with E-state index in [0.29, 0.717) is 6.07 Å². The second-order valence-corrected chi connectivity index (χ2v) is 3.91. The first-order valence-corrected chi connectivity index (χ1v) is 5.52. The van der Waals surface area contributed by atoms with Crippen LogP contribution in [0, 0.1) is 5.82 Å². The fraction of sp³-hybridized carbons (Fsp3) is 0.0769. The summed E-state index contributed by atoms with van der Waals surface area (Å²) in [5.74, 6) is -3.09. The lowest BCUT2D eigenvalue weighted by Gasteiger charge is -2.13. The summed E-state index contributed by atoms with van der Waals surface area (Å²) < 4.78 is 56.1. The average Bonchev–Trinajstić information content (AvgIpc) is 2.40. The molecule has 21 heavy (non-hydrogen) atoms. The molecule has 2 aromatic rings. The van der Waals surface area contributed by atoms with Crippen LogP contribution in [0.1, 0.15) is 16.1 Å². The van der Waals surface area contributed by atoms with Crippen LogP contribution in [0.4, 0.5) is 17.6 Å². The molecule has 0 aliphatic rings. The van der Waals surface area contributed by atoms with Crippen molar-refractivity contribution in [2.75, 3.05) is 0 Å². The third kappa shape index (κ3) is 3.47. The van der Waals surface area contributed by atoms with Gasteiger partial charge >= 0.3 is 12.1 Å². The van der Waals surface area contributed by atoms with Crippen LogP contribution in [0.2, 0.25) is 0 Å². The number of aromatic carboxylic acids is 1. The summed E-state index contributed by atoms with van der Waals surface area (Å²) in [5, 5.41) is 8.76. The highest BCUT2D eigenvalue weighted by Gasteiger charge is 2.36. The second-order valence-electron chi connectivity index (χ2n) is 3.91. The molecule has 0 unspecified atom stereocenters. The van der Waals surface area contributed by atoms with Crippen LogP contribution in [0.3, 0.4) is 0 Å². The number of aromatic nitrogens is 1. The molecule has 4 nitrogen and oxygen atoms in total. The maximum Gasteiger partial charge on any atom is 0.421 e. The molecule has 0 bridgehead atoms. The molecule has 0 saturated heterocycles. The summed E-state index contributed by atoms with van der Waals surface area (Å²) in [6.45, 7) is 0. The maximum absolute atomic E-state index is 12.8. The van der Waals surface area contributed by atoms with Gasteiger partial charge in [0.2, 0.25) is 5.88 Å². The number of halogens is 4. The van der Waals surface area contributed by atoms with Crippen molar-refractivity contribution >= 4 is 5.97 Å². The van der Waals surface area contributed by atoms with E-state index in [4.69, 9.17) is 9.84 Å². The van der Waals surface area contributed by atoms with Gasteiger partial charge in [-0.3, -0.25) is 0 Å². The first-order chi connectivity index (χ1) is 9.77. The third-order valence-electron chi connectivity index (χ3n) is 2.41. The minimum Gasteiger partial charge on any atom is -0.477 e. The normalized spacial score (nSPS) is 11.2. The monoisotopic (exact) mass is 301 g/mol. The van der Waals surface area contributed by atoms with Gasteiger partial charge in [-0.1, -0.05) is 0 Å². The van der Waals surface area contributed by atoms with Gasteiger partial charge in [0.15, 0.2) is 5.69 Å². The number of carbonyl (C=O) groups is 1. The number of carboxylic acids is 1. The number of hydrogen-bond acceptors (Lipinski definition) is 3. The van der Waals surface area contributed by atoms with Crippen LogP contribution in [0.25, 0.3) is 0 Å². The molecule has 0 radical (unpaired) electrons. The van der Waals surface area contributed by atoms with E-state index >= 15 is 0 Å². The van der Waals surface area contributed by atoms with Gasteiger partial charge in [0.1, 0.15) is 17.1 Å². The predicted octanol–water partition coefficient (Wildman–Crippen LogP) is 3.73. The van der Waals surface area contributed by atoms with E-state index in [9.17, 15) is 22.4 Å². The van der Waals surface area contributed by atoms with Crippen LogP contribution in [0.15, 0.2) is 36.4 Å². The lowest BCUT2D eigenvalue weighted by molar-refractivity contribution is -0.138. The lowest BCUT2D eigenvalue weighted by atomic mass is 10.2. The van der Waals surface area contributed by atoms with Crippen molar-refractivity contribution in [2.45, 2.75) is 6.18 Å². The highest BCUT2D eigenvalue weighted by Crippen LogP contribution is 2.37. The Morgan fingerprint density at radius 1 is 1.10 bits per heavy atom. The minimum atomic E-state index is -4.76. The van der Waals surface area contributed by atoms with Crippen LogP contribution in [-0.2, 0) is 6.18 Å². The van der Waals surface area contributed by atoms with Gasteiger partial charge in [0.25, 0.3) is 0 Å². The number of hydrogen-bond donors (Lipinski definition) is 1. The van der Waals surface area contributed by atoms with Gasteiger partial charge in [0.05, 0.1) is 0 Å². The molecule has 0 saturated carbocycles. The number of nitrogens with zero attached hydrogens (tertiary/aromatic N) is 1. The van der Waals surface area contributed by atoms with Gasteiger partial charge in [-0.2, -0.15) is 13.2 Å². The number of carboxylic acid groups (broad SMARTS) is 1. The number of ether oxygens (including phenoxy) is 1. The van der Waals surface area contributed by atoms with Gasteiger partial charge in [-0.15, -0.1) is 0 Å². The second kappa shape index (κ2) is 5.39. The first-order valence-electron chi connectivity index (χ1n) is 5.52. The topological polar surface area (TPSA) is 59.4 Å². The highest BCUT2D eigenvalue weighted by atomic mass is 19.4. The Morgan fingerprint density at radius 3 is 2.24 bits per heavy atom. The van der Waals surface area contributed by atoms with Crippen molar-refractivity contribution in [3.8, 4) is 11.6 Å². The number of benzene rings is 1. The molecule has 8 heteroatoms. The standard InChI is InChI=1S/C13H7F4NO3/c14-7-1-3-8(4-2-7)21-11-9(13(15,16)17)5-6-10(18-11)12(19)20/h1-6H,(H,19,20). The van der Waals surface area contributed by atoms with E-state index in [2.05, 4.69) is 4.98 Å². The molecular weight excluding hydrogens is 294 g/mol. The Morgan fingerprint density at radius 2 is 1.71 bits per heavy atom. The molecule has 0 aliphatic heterocycles. The molecule has 1 aromatic heterocycles. The molecule has 2 rings (SSSR count). The molecule has 1 N–H and O–H groups in total. The molecule has 110 valence electrons. The Kier molecular flexibility index (Phi) is 3.79. The molecule has 1 heterocycles. The quantitative estimate of drug-likeness (QED) is 0.878. The Hall–Kier alpha value is -2.64. The number of alkyl halides is 3. The van der Waals surface area contributed by atoms with E-state index in [1.807, 2.05) is 0 Å². The lowest BCUT2D eigenvalue weighted by Crippen LogP contribution is -2.11. The maximum atomic E-state index is 12.8. The van der Waals surface area contributed by atoms with Gasteiger partial charge in [-0.25, -0.2) is 14.2 Å². The zero-order chi connectivity index (χ0) is 15.6. The van der Waals surface area contributed by atoms with Gasteiger partial charge < -0.3 is 9.84 Å². The van der Waals surface area contributed by atoms with Crippen molar-refractivity contribution in [3.05, 3.63) is 53.5 Å². The summed E-state index contributed by atoms with van der Waals surface area (Å²) in [6.07, 6.45) is -4.76. The van der Waals surface area contributed by atoms with Crippen LogP contribution in [0.5, 0.6) is 11.6 Å². The first kappa shape index (κ1) is 14.8. The van der Waals surface area contributed by atoms with E-state index < -0.39 is 35.1 Å². The largest absolute Gasteiger partial charge is 0.477 e. The molecular formula is C13H7F4NO3. The van der Waals surface area contributed by atoms with Gasteiger partial charge in [-0.05, 0) is 36.4 Å². The molecule has 0 amide bonds. The van der Waals surface area contributed by atoms with Crippen LogP contribution in [-0.4, -0.2) is 16.1 Å². The SMILES string of the molecule is O=C(O)c1ccc(C(F)(F)F)c(Oc2ccc(F)cc2)n1. The Balaban J connectivity index is 2.45. The predicted molar refractivity (Wildman–Crippen MR) is 62.7 cm³/mol. The van der Waals surface area contributed by atoms with Crippen molar-refractivity contribution in [1.29, 1.82) is 0 Å². The minimum absolute atomic E-state index is 0.100. The van der Waals surface area contributed by atoms with Crippen LogP contribution < -0.4 is 4.74 Å². The summed E-state index contributed by atoms with van der Waals surface area (Å²) in [7, 11) is 0.